The molecule has 0 aliphatic rings. The van der Waals surface area contributed by atoms with Crippen molar-refractivity contribution in [3.8, 4) is 0 Å². The number of hydrogen-bond acceptors (Lipinski definition) is 4. The third kappa shape index (κ3) is 3.19. The van der Waals surface area contributed by atoms with Gasteiger partial charge in [0, 0.05) is 6.04 Å². The summed E-state index contributed by atoms with van der Waals surface area (Å²) in [5.41, 5.74) is 5.51. The van der Waals surface area contributed by atoms with Crippen LogP contribution in [0.4, 0.5) is 0 Å². The smallest absolute Gasteiger partial charge is 0.313 e. The van der Waals surface area contributed by atoms with Crippen LogP contribution in [0.1, 0.15) is 20.8 Å². The molecule has 0 saturated heterocycles. The second-order valence-corrected chi connectivity index (χ2v) is 2.88. The Morgan fingerprint density at radius 2 is 2.08 bits per heavy atom. The highest BCUT2D eigenvalue weighted by molar-refractivity contribution is 5.73. The van der Waals surface area contributed by atoms with E-state index in [4.69, 9.17) is 10.5 Å². The summed E-state index contributed by atoms with van der Waals surface area (Å²) in [5, 5.41) is 9.20. The summed E-state index contributed by atoms with van der Waals surface area (Å²) in [5.74, 6) is -1.05. The summed E-state index contributed by atoms with van der Waals surface area (Å²) < 4.78 is 4.75. The number of nitrogens with two attached hydrogens (primary N) is 1. The number of carbonyl (C=O) groups excluding carboxylic acids is 1. The summed E-state index contributed by atoms with van der Waals surface area (Å²) >= 11 is 0. The van der Waals surface area contributed by atoms with E-state index in [1.165, 1.54) is 6.92 Å². The minimum absolute atomic E-state index is 0.314. The van der Waals surface area contributed by atoms with Gasteiger partial charge in [0.25, 0.3) is 0 Å². The Kier molecular flexibility index (Phi) is 4.85. The Morgan fingerprint density at radius 1 is 1.58 bits per heavy atom. The number of rotatable bonds is 4. The molecule has 0 aromatic carbocycles. The van der Waals surface area contributed by atoms with E-state index in [2.05, 4.69) is 0 Å². The van der Waals surface area contributed by atoms with Crippen molar-refractivity contribution < 1.29 is 14.6 Å². The summed E-state index contributed by atoms with van der Waals surface area (Å²) in [7, 11) is 0. The van der Waals surface area contributed by atoms with E-state index in [1.54, 1.807) is 13.8 Å². The zero-order valence-electron chi connectivity index (χ0n) is 7.78. The van der Waals surface area contributed by atoms with Gasteiger partial charge in [-0.3, -0.25) is 4.79 Å². The SMILES string of the molecule is CCOC(=O)C(C(C)N)C(C)O. The van der Waals surface area contributed by atoms with E-state index in [9.17, 15) is 9.90 Å². The number of aliphatic hydroxyl groups excluding tert-OH is 1. The third-order valence-electron chi connectivity index (χ3n) is 1.64. The predicted molar refractivity (Wildman–Crippen MR) is 45.5 cm³/mol. The molecule has 0 saturated carbocycles. The Morgan fingerprint density at radius 3 is 2.33 bits per heavy atom. The van der Waals surface area contributed by atoms with Gasteiger partial charge in [-0.15, -0.1) is 0 Å². The molecule has 3 atom stereocenters. The van der Waals surface area contributed by atoms with Crippen LogP contribution < -0.4 is 5.73 Å². The van der Waals surface area contributed by atoms with Crippen LogP contribution in [0.25, 0.3) is 0 Å². The highest BCUT2D eigenvalue weighted by atomic mass is 16.5. The quantitative estimate of drug-likeness (QED) is 0.585. The van der Waals surface area contributed by atoms with E-state index in [0.29, 0.717) is 6.61 Å². The first-order valence-corrected chi connectivity index (χ1v) is 4.11. The van der Waals surface area contributed by atoms with Gasteiger partial charge in [0.2, 0.25) is 0 Å². The molecule has 0 aromatic heterocycles. The van der Waals surface area contributed by atoms with Gasteiger partial charge in [0.15, 0.2) is 0 Å². The molecule has 0 radical (unpaired) electrons. The topological polar surface area (TPSA) is 72.5 Å². The molecule has 0 fully saturated rings. The lowest BCUT2D eigenvalue weighted by Crippen LogP contribution is -2.41. The lowest BCUT2D eigenvalue weighted by Gasteiger charge is -2.21. The monoisotopic (exact) mass is 175 g/mol. The van der Waals surface area contributed by atoms with Crippen molar-refractivity contribution in [3.05, 3.63) is 0 Å². The van der Waals surface area contributed by atoms with Crippen LogP contribution in [0.2, 0.25) is 0 Å². The molecule has 0 aromatic rings. The maximum atomic E-state index is 11.2. The summed E-state index contributed by atoms with van der Waals surface area (Å²) in [6, 6.07) is -0.385. The highest BCUT2D eigenvalue weighted by Gasteiger charge is 2.28. The van der Waals surface area contributed by atoms with Crippen LogP contribution >= 0.6 is 0 Å². The first-order chi connectivity index (χ1) is 5.50. The molecule has 0 spiro atoms. The molecular weight excluding hydrogens is 158 g/mol. The van der Waals surface area contributed by atoms with Gasteiger partial charge in [-0.2, -0.15) is 0 Å². The van der Waals surface area contributed by atoms with Gasteiger partial charge in [0.05, 0.1) is 18.6 Å². The Bertz CT molecular complexity index is 137. The fourth-order valence-electron chi connectivity index (χ4n) is 1.09. The van der Waals surface area contributed by atoms with Crippen LogP contribution in [-0.4, -0.2) is 29.8 Å². The molecule has 0 heterocycles. The van der Waals surface area contributed by atoms with E-state index < -0.39 is 18.0 Å². The van der Waals surface area contributed by atoms with Crippen LogP contribution in [0, 0.1) is 5.92 Å². The molecule has 0 aliphatic carbocycles. The van der Waals surface area contributed by atoms with E-state index in [0.717, 1.165) is 0 Å². The average Bonchev–Trinajstić information content (AvgIpc) is 1.85. The molecule has 3 unspecified atom stereocenters. The normalized spacial score (nSPS) is 18.1. The van der Waals surface area contributed by atoms with Gasteiger partial charge in [-0.1, -0.05) is 0 Å². The Hall–Kier alpha value is -0.610. The molecule has 4 nitrogen and oxygen atoms in total. The maximum Gasteiger partial charge on any atom is 0.313 e. The lowest BCUT2D eigenvalue weighted by molar-refractivity contribution is -0.152. The Balaban J connectivity index is 4.20. The largest absolute Gasteiger partial charge is 0.466 e. The Labute approximate surface area is 72.7 Å². The van der Waals surface area contributed by atoms with Gasteiger partial charge >= 0.3 is 5.97 Å². The van der Waals surface area contributed by atoms with Crippen LogP contribution in [0.5, 0.6) is 0 Å². The molecule has 12 heavy (non-hydrogen) atoms. The van der Waals surface area contributed by atoms with Gasteiger partial charge < -0.3 is 15.6 Å². The second kappa shape index (κ2) is 5.11. The van der Waals surface area contributed by atoms with Crippen LogP contribution in [0.15, 0.2) is 0 Å². The van der Waals surface area contributed by atoms with E-state index >= 15 is 0 Å². The minimum Gasteiger partial charge on any atom is -0.466 e. The zero-order valence-corrected chi connectivity index (χ0v) is 7.78. The van der Waals surface area contributed by atoms with Crippen LogP contribution in [0.3, 0.4) is 0 Å². The van der Waals surface area contributed by atoms with Crippen molar-refractivity contribution in [2.24, 2.45) is 11.7 Å². The number of aliphatic hydroxyl groups is 1. The first-order valence-electron chi connectivity index (χ1n) is 4.11. The van der Waals surface area contributed by atoms with E-state index in [-0.39, 0.29) is 6.04 Å². The molecule has 0 aliphatic heterocycles. The molecule has 0 amide bonds. The van der Waals surface area contributed by atoms with Crippen molar-refractivity contribution in [2.45, 2.75) is 32.9 Å². The average molecular weight is 175 g/mol. The number of carbonyl (C=O) groups is 1. The molecule has 3 N–H and O–H groups in total. The highest BCUT2D eigenvalue weighted by Crippen LogP contribution is 2.09. The fraction of sp³-hybridized carbons (Fsp3) is 0.875. The first kappa shape index (κ1) is 11.4. The fourth-order valence-corrected chi connectivity index (χ4v) is 1.09. The predicted octanol–water partition coefficient (Wildman–Crippen LogP) is -0.106. The summed E-state index contributed by atoms with van der Waals surface area (Å²) in [6.07, 6.45) is -0.760. The molecular formula is C8H17NO3. The summed E-state index contributed by atoms with van der Waals surface area (Å²) in [6.45, 7) is 5.24. The van der Waals surface area contributed by atoms with E-state index in [1.807, 2.05) is 0 Å². The standard InChI is InChI=1S/C8H17NO3/c1-4-12-8(11)7(5(2)9)6(3)10/h5-7,10H,4,9H2,1-3H3. The van der Waals surface area contributed by atoms with Gasteiger partial charge in [0.1, 0.15) is 0 Å². The van der Waals surface area contributed by atoms with Crippen molar-refractivity contribution in [2.75, 3.05) is 6.61 Å². The summed E-state index contributed by atoms with van der Waals surface area (Å²) in [4.78, 5) is 11.2. The van der Waals surface area contributed by atoms with Gasteiger partial charge in [-0.25, -0.2) is 0 Å². The number of ether oxygens (including phenoxy) is 1. The lowest BCUT2D eigenvalue weighted by atomic mass is 9.97. The molecule has 0 rings (SSSR count). The van der Waals surface area contributed by atoms with Gasteiger partial charge in [-0.05, 0) is 20.8 Å². The molecule has 4 heteroatoms. The molecule has 0 bridgehead atoms. The number of hydrogen-bond donors (Lipinski definition) is 2. The third-order valence-corrected chi connectivity index (χ3v) is 1.64. The van der Waals surface area contributed by atoms with Crippen LogP contribution in [-0.2, 0) is 9.53 Å². The van der Waals surface area contributed by atoms with Crippen molar-refractivity contribution in [1.82, 2.24) is 0 Å². The van der Waals surface area contributed by atoms with Crippen molar-refractivity contribution >= 4 is 5.97 Å². The second-order valence-electron chi connectivity index (χ2n) is 2.88. The zero-order chi connectivity index (χ0) is 9.72. The maximum absolute atomic E-state index is 11.2. The van der Waals surface area contributed by atoms with Crippen molar-refractivity contribution in [1.29, 1.82) is 0 Å². The molecule has 72 valence electrons. The number of esters is 1. The van der Waals surface area contributed by atoms with Crippen molar-refractivity contribution in [3.63, 3.8) is 0 Å². The minimum atomic E-state index is -0.760.